The Labute approximate surface area is 179 Å². The molecule has 4 nitrogen and oxygen atoms in total. The van der Waals surface area contributed by atoms with E-state index in [1.807, 2.05) is 6.08 Å². The number of allylic oxidation sites excluding steroid dienone is 3. The molecule has 0 saturated heterocycles. The number of hydrogen-bond donors (Lipinski definition) is 2. The quantitative estimate of drug-likeness (QED) is 0.291. The van der Waals surface area contributed by atoms with Gasteiger partial charge >= 0.3 is 11.9 Å². The maximum absolute atomic E-state index is 10.7. The first-order valence-corrected chi connectivity index (χ1v) is 11.0. The summed E-state index contributed by atoms with van der Waals surface area (Å²) in [5.74, 6) is -0.676. The van der Waals surface area contributed by atoms with Crippen molar-refractivity contribution in [1.29, 1.82) is 0 Å². The largest absolute Gasteiger partial charge is 0.481 e. The topological polar surface area (TPSA) is 74.6 Å². The molecule has 2 N–H and O–H groups in total. The summed E-state index contributed by atoms with van der Waals surface area (Å²) >= 11 is 0. The Morgan fingerprint density at radius 3 is 2.00 bits per heavy atom. The molecule has 4 heteroatoms. The third kappa shape index (κ3) is 18.2. The normalized spacial score (nSPS) is 14.8. The van der Waals surface area contributed by atoms with Crippen molar-refractivity contribution in [2.75, 3.05) is 0 Å². The molecule has 0 saturated carbocycles. The van der Waals surface area contributed by atoms with E-state index in [2.05, 4.69) is 61.1 Å². The molecule has 0 radical (unpaired) electrons. The van der Waals surface area contributed by atoms with Crippen LogP contribution in [-0.2, 0) is 9.59 Å². The van der Waals surface area contributed by atoms with Gasteiger partial charge < -0.3 is 10.2 Å². The van der Waals surface area contributed by atoms with Gasteiger partial charge in [0.1, 0.15) is 0 Å². The van der Waals surface area contributed by atoms with Crippen LogP contribution in [-0.4, -0.2) is 22.2 Å². The van der Waals surface area contributed by atoms with Crippen molar-refractivity contribution in [3.8, 4) is 0 Å². The summed E-state index contributed by atoms with van der Waals surface area (Å²) < 4.78 is 0. The highest BCUT2D eigenvalue weighted by Gasteiger charge is 2.24. The molecule has 2 atom stereocenters. The first-order chi connectivity index (χ1) is 13.3. The van der Waals surface area contributed by atoms with E-state index < -0.39 is 11.9 Å². The lowest BCUT2D eigenvalue weighted by Crippen LogP contribution is -2.20. The average molecular weight is 411 g/mol. The van der Waals surface area contributed by atoms with Crippen LogP contribution in [0, 0.1) is 16.7 Å². The number of carboxylic acid groups (broad SMARTS) is 2. The van der Waals surface area contributed by atoms with Gasteiger partial charge in [-0.2, -0.15) is 0 Å². The van der Waals surface area contributed by atoms with Crippen LogP contribution in [0.3, 0.4) is 0 Å². The molecule has 2 unspecified atom stereocenters. The second-order valence-electron chi connectivity index (χ2n) is 9.59. The van der Waals surface area contributed by atoms with Crippen LogP contribution in [0.15, 0.2) is 24.3 Å². The molecule has 0 aliphatic rings. The predicted molar refractivity (Wildman–Crippen MR) is 123 cm³/mol. The van der Waals surface area contributed by atoms with Crippen molar-refractivity contribution >= 4 is 11.9 Å². The smallest absolute Gasteiger partial charge is 0.303 e. The summed E-state index contributed by atoms with van der Waals surface area (Å²) in [7, 11) is 0. The summed E-state index contributed by atoms with van der Waals surface area (Å²) in [6, 6.07) is 0. The van der Waals surface area contributed by atoms with Crippen LogP contribution >= 0.6 is 0 Å². The van der Waals surface area contributed by atoms with E-state index in [9.17, 15) is 9.59 Å². The Bertz CT molecular complexity index is 517. The highest BCUT2D eigenvalue weighted by molar-refractivity contribution is 5.67. The summed E-state index contributed by atoms with van der Waals surface area (Å²) in [5, 5.41) is 17.4. The molecule has 0 amide bonds. The summed E-state index contributed by atoms with van der Waals surface area (Å²) in [4.78, 5) is 21.2. The fraction of sp³-hybridized carbons (Fsp3) is 0.760. The van der Waals surface area contributed by atoms with Gasteiger partial charge in [0.05, 0.1) is 6.42 Å². The van der Waals surface area contributed by atoms with Gasteiger partial charge in [0.25, 0.3) is 0 Å². The highest BCUT2D eigenvalue weighted by Crippen LogP contribution is 2.32. The third-order valence-electron chi connectivity index (χ3n) is 5.66. The fourth-order valence-electron chi connectivity index (χ4n) is 3.10. The number of carboxylic acids is 2. The minimum Gasteiger partial charge on any atom is -0.481 e. The minimum absolute atomic E-state index is 0.000718. The van der Waals surface area contributed by atoms with E-state index in [0.717, 1.165) is 38.0 Å². The van der Waals surface area contributed by atoms with Crippen LogP contribution in [0.1, 0.15) is 106 Å². The van der Waals surface area contributed by atoms with Crippen LogP contribution in [0.2, 0.25) is 0 Å². The lowest BCUT2D eigenvalue weighted by molar-refractivity contribution is -0.140. The molecule has 0 aromatic carbocycles. The molecule has 0 aromatic rings. The fourth-order valence-corrected chi connectivity index (χ4v) is 3.10. The molecule has 0 heterocycles. The van der Waals surface area contributed by atoms with E-state index in [4.69, 9.17) is 10.2 Å². The number of carbonyl (C=O) groups is 2. The molecule has 0 aromatic heterocycles. The predicted octanol–water partition coefficient (Wildman–Crippen LogP) is 7.49. The van der Waals surface area contributed by atoms with Crippen LogP contribution in [0.5, 0.6) is 0 Å². The third-order valence-corrected chi connectivity index (χ3v) is 5.66. The first kappa shape index (κ1) is 29.6. The number of rotatable bonds is 14. The summed E-state index contributed by atoms with van der Waals surface area (Å²) in [6.45, 7) is 18.6. The van der Waals surface area contributed by atoms with Gasteiger partial charge in [0.15, 0.2) is 0 Å². The molecule has 0 aliphatic heterocycles. The van der Waals surface area contributed by atoms with Gasteiger partial charge in [-0.05, 0) is 56.3 Å². The van der Waals surface area contributed by atoms with Gasteiger partial charge in [-0.15, -0.1) is 6.58 Å². The molecular formula is C25H46O4. The van der Waals surface area contributed by atoms with Crippen LogP contribution in [0.25, 0.3) is 0 Å². The Morgan fingerprint density at radius 1 is 1.03 bits per heavy atom. The van der Waals surface area contributed by atoms with Crippen molar-refractivity contribution in [2.45, 2.75) is 106 Å². The molecule has 0 fully saturated rings. The van der Waals surface area contributed by atoms with E-state index in [-0.39, 0.29) is 17.3 Å². The second kappa shape index (κ2) is 15.3. The van der Waals surface area contributed by atoms with Crippen LogP contribution in [0.4, 0.5) is 0 Å². The van der Waals surface area contributed by atoms with Gasteiger partial charge in [0.2, 0.25) is 0 Å². The van der Waals surface area contributed by atoms with Gasteiger partial charge in [-0.1, -0.05) is 71.6 Å². The lowest BCUT2D eigenvalue weighted by Gasteiger charge is -2.26. The molecule has 0 spiro atoms. The average Bonchev–Trinajstić information content (AvgIpc) is 2.59. The zero-order chi connectivity index (χ0) is 23.1. The highest BCUT2D eigenvalue weighted by atomic mass is 16.4. The zero-order valence-electron chi connectivity index (χ0n) is 20.0. The van der Waals surface area contributed by atoms with E-state index in [1.165, 1.54) is 12.0 Å². The molecule has 0 aliphatic carbocycles. The van der Waals surface area contributed by atoms with Gasteiger partial charge in [-0.3, -0.25) is 9.59 Å². The first-order valence-electron chi connectivity index (χ1n) is 11.0. The summed E-state index contributed by atoms with van der Waals surface area (Å²) in [5.41, 5.74) is 1.25. The second-order valence-corrected chi connectivity index (χ2v) is 9.59. The van der Waals surface area contributed by atoms with Crippen molar-refractivity contribution in [3.63, 3.8) is 0 Å². The Morgan fingerprint density at radius 2 is 1.62 bits per heavy atom. The Hall–Kier alpha value is -1.58. The van der Waals surface area contributed by atoms with E-state index in [0.29, 0.717) is 12.8 Å². The van der Waals surface area contributed by atoms with Crippen molar-refractivity contribution in [3.05, 3.63) is 24.3 Å². The molecule has 29 heavy (non-hydrogen) atoms. The molecular weight excluding hydrogens is 364 g/mol. The SMILES string of the molecule is C=CC(C)(CCC=C(C)C)CCC(=O)O.CCC(C)(CCCC(C)C)CC(=O)O. The maximum atomic E-state index is 10.7. The maximum Gasteiger partial charge on any atom is 0.303 e. The molecule has 0 rings (SSSR count). The standard InChI is InChI=1S/C13H22O2.C12H24O2/c1-5-13(4,10-8-12(14)15)9-6-7-11(2)3;1-5-12(4,9-11(13)14)8-6-7-10(2)3/h5,7H,1,6,8-10H2,2-4H3,(H,14,15);10H,5-9H2,1-4H3,(H,13,14). The van der Waals surface area contributed by atoms with Crippen LogP contribution < -0.4 is 0 Å². The van der Waals surface area contributed by atoms with Gasteiger partial charge in [0, 0.05) is 6.42 Å². The minimum atomic E-state index is -0.731. The zero-order valence-corrected chi connectivity index (χ0v) is 20.0. The van der Waals surface area contributed by atoms with E-state index in [1.54, 1.807) is 0 Å². The summed E-state index contributed by atoms with van der Waals surface area (Å²) in [6.07, 6.45) is 11.6. The Balaban J connectivity index is 0. The Kier molecular flexibility index (Phi) is 15.6. The van der Waals surface area contributed by atoms with Crippen molar-refractivity contribution in [1.82, 2.24) is 0 Å². The van der Waals surface area contributed by atoms with Gasteiger partial charge in [-0.25, -0.2) is 0 Å². The van der Waals surface area contributed by atoms with Crippen molar-refractivity contribution in [2.24, 2.45) is 16.7 Å². The van der Waals surface area contributed by atoms with Crippen molar-refractivity contribution < 1.29 is 19.8 Å². The number of hydrogen-bond acceptors (Lipinski definition) is 2. The monoisotopic (exact) mass is 410 g/mol. The van der Waals surface area contributed by atoms with E-state index >= 15 is 0 Å². The number of aliphatic carboxylic acids is 2. The molecule has 170 valence electrons. The molecule has 0 bridgehead atoms. The lowest BCUT2D eigenvalue weighted by atomic mass is 9.79.